The van der Waals surface area contributed by atoms with Gasteiger partial charge in [0.15, 0.2) is 5.76 Å². The highest BCUT2D eigenvalue weighted by molar-refractivity contribution is 6.35. The highest BCUT2D eigenvalue weighted by Gasteiger charge is 2.21. The number of amides is 1. The number of carbonyl (C=O) groups is 1. The largest absolute Gasteiger partial charge is 0.451 e. The molecule has 5 nitrogen and oxygen atoms in total. The molecule has 1 aliphatic heterocycles. The van der Waals surface area contributed by atoms with Gasteiger partial charge in [0.05, 0.1) is 15.7 Å². The number of furan rings is 1. The number of hydrogen-bond acceptors (Lipinski definition) is 4. The number of nitrogens with zero attached hydrogens (tertiary/aromatic N) is 2. The summed E-state index contributed by atoms with van der Waals surface area (Å²) in [6.45, 7) is 4.31. The van der Waals surface area contributed by atoms with Crippen molar-refractivity contribution in [2.24, 2.45) is 0 Å². The van der Waals surface area contributed by atoms with Crippen LogP contribution in [0.1, 0.15) is 16.1 Å². The number of halogens is 4. The Bertz CT molecular complexity index is 1430. The molecule has 2 heterocycles. The van der Waals surface area contributed by atoms with Gasteiger partial charge in [-0.05, 0) is 60.2 Å². The van der Waals surface area contributed by atoms with Crippen LogP contribution < -0.4 is 10.2 Å². The zero-order valence-electron chi connectivity index (χ0n) is 19.7. The van der Waals surface area contributed by atoms with E-state index < -0.39 is 0 Å². The van der Waals surface area contributed by atoms with E-state index in [-0.39, 0.29) is 11.7 Å². The molecule has 0 unspecified atom stereocenters. The van der Waals surface area contributed by atoms with Gasteiger partial charge in [0.25, 0.3) is 5.91 Å². The first kappa shape index (κ1) is 26.0. The Morgan fingerprint density at radius 1 is 0.811 bits per heavy atom. The van der Waals surface area contributed by atoms with Crippen molar-refractivity contribution < 1.29 is 9.21 Å². The predicted octanol–water partition coefficient (Wildman–Crippen LogP) is 8.13. The summed E-state index contributed by atoms with van der Waals surface area (Å²) < 4.78 is 5.74. The van der Waals surface area contributed by atoms with Crippen LogP contribution in [0, 0.1) is 0 Å². The highest BCUT2D eigenvalue weighted by Crippen LogP contribution is 2.33. The summed E-state index contributed by atoms with van der Waals surface area (Å²) in [5.41, 5.74) is 3.27. The normalized spacial score (nSPS) is 14.1. The Labute approximate surface area is 235 Å². The third kappa shape index (κ3) is 6.08. The smallest absolute Gasteiger partial charge is 0.291 e. The van der Waals surface area contributed by atoms with Crippen LogP contribution in [-0.2, 0) is 6.54 Å². The minimum atomic E-state index is -0.388. The van der Waals surface area contributed by atoms with Gasteiger partial charge >= 0.3 is 0 Å². The van der Waals surface area contributed by atoms with Crippen molar-refractivity contribution in [2.45, 2.75) is 6.54 Å². The molecule has 1 amide bonds. The summed E-state index contributed by atoms with van der Waals surface area (Å²) in [6, 6.07) is 21.8. The second kappa shape index (κ2) is 11.4. The summed E-state index contributed by atoms with van der Waals surface area (Å²) >= 11 is 25.3. The second-order valence-corrected chi connectivity index (χ2v) is 10.4. The number of carbonyl (C=O) groups excluding carboxylic acids is 1. The van der Waals surface area contributed by atoms with Gasteiger partial charge < -0.3 is 14.6 Å². The third-order valence-corrected chi connectivity index (χ3v) is 7.53. The standard InChI is InChI=1S/C28H23Cl4N3O2/c29-19-5-7-23(31)21(15-19)26-9-10-27(37-26)28(36)33-20-6-8-25(24(32)16-20)35-13-11-34(12-14-35)17-18-3-1-2-4-22(18)30/h1-10,15-16H,11-14,17H2,(H,33,36). The maximum Gasteiger partial charge on any atom is 0.291 e. The van der Waals surface area contributed by atoms with Gasteiger partial charge in [-0.1, -0.05) is 64.6 Å². The molecule has 0 atom stereocenters. The van der Waals surface area contributed by atoms with E-state index in [1.165, 1.54) is 0 Å². The van der Waals surface area contributed by atoms with Crippen molar-refractivity contribution in [1.29, 1.82) is 0 Å². The number of nitrogens with one attached hydrogen (secondary N) is 1. The lowest BCUT2D eigenvalue weighted by molar-refractivity contribution is 0.0997. The maximum atomic E-state index is 12.8. The SMILES string of the molecule is O=C(Nc1ccc(N2CCN(Cc3ccccc3Cl)CC2)c(Cl)c1)c1ccc(-c2cc(Cl)ccc2Cl)o1. The highest BCUT2D eigenvalue weighted by atomic mass is 35.5. The van der Waals surface area contributed by atoms with Crippen LogP contribution >= 0.6 is 46.4 Å². The zero-order chi connectivity index (χ0) is 25.9. The monoisotopic (exact) mass is 573 g/mol. The van der Waals surface area contributed by atoms with Gasteiger partial charge in [0.2, 0.25) is 0 Å². The fraction of sp³-hybridized carbons (Fsp3) is 0.179. The van der Waals surface area contributed by atoms with Gasteiger partial charge in [-0.3, -0.25) is 9.69 Å². The van der Waals surface area contributed by atoms with Gasteiger partial charge in [-0.25, -0.2) is 0 Å². The Morgan fingerprint density at radius 3 is 2.35 bits per heavy atom. The van der Waals surface area contributed by atoms with E-state index in [0.717, 1.165) is 49.0 Å². The Hall–Kier alpha value is -2.67. The van der Waals surface area contributed by atoms with E-state index in [0.29, 0.717) is 32.1 Å². The minimum Gasteiger partial charge on any atom is -0.451 e. The quantitative estimate of drug-likeness (QED) is 0.252. The number of rotatable bonds is 6. The van der Waals surface area contributed by atoms with E-state index in [9.17, 15) is 4.79 Å². The van der Waals surface area contributed by atoms with Crippen LogP contribution in [-0.4, -0.2) is 37.0 Å². The number of benzene rings is 3. The fourth-order valence-electron chi connectivity index (χ4n) is 4.34. The van der Waals surface area contributed by atoms with E-state index in [1.54, 1.807) is 36.4 Å². The van der Waals surface area contributed by atoms with Gasteiger partial charge in [0.1, 0.15) is 5.76 Å². The lowest BCUT2D eigenvalue weighted by atomic mass is 10.2. The number of anilines is 2. The number of hydrogen-bond donors (Lipinski definition) is 1. The Balaban J connectivity index is 1.20. The van der Waals surface area contributed by atoms with Crippen molar-refractivity contribution in [3.8, 4) is 11.3 Å². The van der Waals surface area contributed by atoms with E-state index in [1.807, 2.05) is 30.3 Å². The van der Waals surface area contributed by atoms with E-state index >= 15 is 0 Å². The summed E-state index contributed by atoms with van der Waals surface area (Å²) in [4.78, 5) is 17.4. The molecule has 4 aromatic rings. The minimum absolute atomic E-state index is 0.154. The molecule has 1 aliphatic rings. The molecule has 0 spiro atoms. The van der Waals surface area contributed by atoms with Crippen molar-refractivity contribution in [1.82, 2.24) is 4.90 Å². The Morgan fingerprint density at radius 2 is 1.59 bits per heavy atom. The summed E-state index contributed by atoms with van der Waals surface area (Å²) in [6.07, 6.45) is 0. The lowest BCUT2D eigenvalue weighted by Crippen LogP contribution is -2.46. The first-order chi connectivity index (χ1) is 17.9. The molecule has 0 bridgehead atoms. The molecule has 5 rings (SSSR count). The summed E-state index contributed by atoms with van der Waals surface area (Å²) in [7, 11) is 0. The molecule has 1 N–H and O–H groups in total. The van der Waals surface area contributed by atoms with Crippen LogP contribution in [0.4, 0.5) is 11.4 Å². The first-order valence-electron chi connectivity index (χ1n) is 11.7. The predicted molar refractivity (Wildman–Crippen MR) is 153 cm³/mol. The molecule has 37 heavy (non-hydrogen) atoms. The molecule has 9 heteroatoms. The molecule has 0 saturated carbocycles. The van der Waals surface area contributed by atoms with Crippen molar-refractivity contribution >= 4 is 63.7 Å². The molecule has 1 saturated heterocycles. The average molecular weight is 575 g/mol. The van der Waals surface area contributed by atoms with Gasteiger partial charge in [-0.15, -0.1) is 0 Å². The van der Waals surface area contributed by atoms with Crippen LogP contribution in [0.5, 0.6) is 0 Å². The fourth-order valence-corrected chi connectivity index (χ4v) is 5.22. The molecule has 190 valence electrons. The summed E-state index contributed by atoms with van der Waals surface area (Å²) in [5, 5.41) is 5.22. The lowest BCUT2D eigenvalue weighted by Gasteiger charge is -2.36. The molecule has 3 aromatic carbocycles. The molecule has 0 radical (unpaired) electrons. The number of piperazine rings is 1. The van der Waals surface area contributed by atoms with Crippen LogP contribution in [0.2, 0.25) is 20.1 Å². The molecular formula is C28H23Cl4N3O2. The van der Waals surface area contributed by atoms with Crippen molar-refractivity contribution in [3.63, 3.8) is 0 Å². The van der Waals surface area contributed by atoms with Gasteiger partial charge in [-0.2, -0.15) is 0 Å². The van der Waals surface area contributed by atoms with Gasteiger partial charge in [0, 0.05) is 54.0 Å². The molecule has 1 fully saturated rings. The zero-order valence-corrected chi connectivity index (χ0v) is 22.7. The summed E-state index contributed by atoms with van der Waals surface area (Å²) in [5.74, 6) is 0.224. The van der Waals surface area contributed by atoms with E-state index in [2.05, 4.69) is 21.2 Å². The Kier molecular flexibility index (Phi) is 7.98. The van der Waals surface area contributed by atoms with Crippen LogP contribution in [0.25, 0.3) is 11.3 Å². The van der Waals surface area contributed by atoms with E-state index in [4.69, 9.17) is 50.8 Å². The van der Waals surface area contributed by atoms with Crippen LogP contribution in [0.3, 0.4) is 0 Å². The van der Waals surface area contributed by atoms with Crippen molar-refractivity contribution in [2.75, 3.05) is 36.4 Å². The molecular weight excluding hydrogens is 552 g/mol. The van der Waals surface area contributed by atoms with Crippen molar-refractivity contribution in [3.05, 3.63) is 104 Å². The molecule has 0 aliphatic carbocycles. The van der Waals surface area contributed by atoms with Crippen LogP contribution in [0.15, 0.2) is 77.2 Å². The first-order valence-corrected chi connectivity index (χ1v) is 13.3. The topological polar surface area (TPSA) is 48.7 Å². The third-order valence-electron chi connectivity index (χ3n) is 6.29. The maximum absolute atomic E-state index is 12.8. The second-order valence-electron chi connectivity index (χ2n) is 8.76. The molecule has 1 aromatic heterocycles. The average Bonchev–Trinajstić information content (AvgIpc) is 3.38.